The van der Waals surface area contributed by atoms with Gasteiger partial charge in [-0.15, -0.1) is 0 Å². The highest BCUT2D eigenvalue weighted by molar-refractivity contribution is 7.92. The average molecular weight is 315 g/mol. The molecule has 0 aliphatic carbocycles. The highest BCUT2D eigenvalue weighted by atomic mass is 35.5. The van der Waals surface area contributed by atoms with Crippen LogP contribution in [0.4, 0.5) is 11.4 Å². The van der Waals surface area contributed by atoms with Crippen molar-refractivity contribution in [2.24, 2.45) is 0 Å². The number of nitrogens with one attached hydrogen (secondary N) is 2. The first-order chi connectivity index (χ1) is 9.35. The van der Waals surface area contributed by atoms with Crippen LogP contribution in [0.15, 0.2) is 41.0 Å². The van der Waals surface area contributed by atoms with E-state index in [1.54, 1.807) is 12.1 Å². The van der Waals surface area contributed by atoms with Crippen molar-refractivity contribution in [1.29, 1.82) is 0 Å². The standard InChI is InChI=1S/C12H11ClN2O4S/c1-20(17,18)15-9-4-2-8(3-5-9)14-12(16)10-6-7-19-11(10)13/h2-7,15H,1H3,(H,14,16). The maximum atomic E-state index is 11.8. The molecule has 8 heteroatoms. The van der Waals surface area contributed by atoms with Crippen LogP contribution in [0.1, 0.15) is 10.4 Å². The summed E-state index contributed by atoms with van der Waals surface area (Å²) in [7, 11) is -3.32. The Labute approximate surface area is 120 Å². The fourth-order valence-corrected chi connectivity index (χ4v) is 2.25. The zero-order valence-electron chi connectivity index (χ0n) is 10.4. The van der Waals surface area contributed by atoms with Crippen LogP contribution in [-0.2, 0) is 10.0 Å². The van der Waals surface area contributed by atoms with Crippen LogP contribution in [0, 0.1) is 0 Å². The van der Waals surface area contributed by atoms with E-state index in [1.807, 2.05) is 0 Å². The van der Waals surface area contributed by atoms with Gasteiger partial charge in [-0.3, -0.25) is 9.52 Å². The largest absolute Gasteiger partial charge is 0.452 e. The van der Waals surface area contributed by atoms with E-state index in [4.69, 9.17) is 16.0 Å². The van der Waals surface area contributed by atoms with Crippen LogP contribution in [-0.4, -0.2) is 20.6 Å². The van der Waals surface area contributed by atoms with Crippen molar-refractivity contribution >= 4 is 38.9 Å². The molecule has 1 aromatic heterocycles. The van der Waals surface area contributed by atoms with Gasteiger partial charge < -0.3 is 9.73 Å². The first-order valence-corrected chi connectivity index (χ1v) is 7.74. The highest BCUT2D eigenvalue weighted by Gasteiger charge is 2.13. The number of benzene rings is 1. The van der Waals surface area contributed by atoms with Crippen molar-refractivity contribution in [1.82, 2.24) is 0 Å². The van der Waals surface area contributed by atoms with Gasteiger partial charge in [0.1, 0.15) is 0 Å². The molecule has 106 valence electrons. The maximum absolute atomic E-state index is 11.8. The van der Waals surface area contributed by atoms with Gasteiger partial charge in [-0.25, -0.2) is 8.42 Å². The Balaban J connectivity index is 2.08. The smallest absolute Gasteiger partial charge is 0.260 e. The third-order valence-electron chi connectivity index (χ3n) is 2.31. The summed E-state index contributed by atoms with van der Waals surface area (Å²) in [6.45, 7) is 0. The fraction of sp³-hybridized carbons (Fsp3) is 0.0833. The first-order valence-electron chi connectivity index (χ1n) is 5.47. The van der Waals surface area contributed by atoms with Gasteiger partial charge in [0, 0.05) is 11.4 Å². The van der Waals surface area contributed by atoms with Crippen LogP contribution in [0.5, 0.6) is 0 Å². The molecule has 0 fully saturated rings. The van der Waals surface area contributed by atoms with Gasteiger partial charge in [0.15, 0.2) is 0 Å². The lowest BCUT2D eigenvalue weighted by molar-refractivity contribution is 0.102. The second kappa shape index (κ2) is 5.56. The van der Waals surface area contributed by atoms with Gasteiger partial charge in [-0.05, 0) is 41.9 Å². The minimum atomic E-state index is -3.32. The Kier molecular flexibility index (Phi) is 4.01. The number of carbonyl (C=O) groups excluding carboxylic acids is 1. The van der Waals surface area contributed by atoms with Crippen molar-refractivity contribution in [2.75, 3.05) is 16.3 Å². The van der Waals surface area contributed by atoms with Crippen LogP contribution in [0.2, 0.25) is 5.22 Å². The molecule has 0 aliphatic heterocycles. The molecule has 2 N–H and O–H groups in total. The molecular weight excluding hydrogens is 304 g/mol. The van der Waals surface area contributed by atoms with Crippen LogP contribution < -0.4 is 10.0 Å². The zero-order valence-corrected chi connectivity index (χ0v) is 12.0. The third-order valence-corrected chi connectivity index (χ3v) is 3.21. The SMILES string of the molecule is CS(=O)(=O)Nc1ccc(NC(=O)c2ccoc2Cl)cc1. The number of anilines is 2. The lowest BCUT2D eigenvalue weighted by Crippen LogP contribution is -2.12. The fourth-order valence-electron chi connectivity index (χ4n) is 1.49. The quantitative estimate of drug-likeness (QED) is 0.907. The van der Waals surface area contributed by atoms with E-state index in [1.165, 1.54) is 24.5 Å². The monoisotopic (exact) mass is 314 g/mol. The first kappa shape index (κ1) is 14.4. The number of rotatable bonds is 4. The number of carbonyl (C=O) groups is 1. The molecule has 20 heavy (non-hydrogen) atoms. The Hall–Kier alpha value is -1.99. The molecule has 2 aromatic rings. The van der Waals surface area contributed by atoms with E-state index in [0.29, 0.717) is 11.4 Å². The summed E-state index contributed by atoms with van der Waals surface area (Å²) in [5, 5.41) is 2.63. The van der Waals surface area contributed by atoms with Gasteiger partial charge in [0.25, 0.3) is 5.91 Å². The minimum absolute atomic E-state index is 0.0119. The lowest BCUT2D eigenvalue weighted by Gasteiger charge is -2.06. The molecule has 0 atom stereocenters. The van der Waals surface area contributed by atoms with Crippen molar-refractivity contribution in [3.8, 4) is 0 Å². The van der Waals surface area contributed by atoms with Gasteiger partial charge in [0.2, 0.25) is 15.2 Å². The molecule has 0 spiro atoms. The molecule has 1 amide bonds. The average Bonchev–Trinajstić information content (AvgIpc) is 2.76. The van der Waals surface area contributed by atoms with E-state index in [-0.39, 0.29) is 10.8 Å². The van der Waals surface area contributed by atoms with E-state index in [0.717, 1.165) is 6.26 Å². The van der Waals surface area contributed by atoms with Crippen LogP contribution >= 0.6 is 11.6 Å². The van der Waals surface area contributed by atoms with Crippen molar-refractivity contribution in [2.45, 2.75) is 0 Å². The molecule has 0 radical (unpaired) electrons. The normalized spacial score (nSPS) is 11.1. The van der Waals surface area contributed by atoms with E-state index < -0.39 is 15.9 Å². The van der Waals surface area contributed by atoms with Gasteiger partial charge >= 0.3 is 0 Å². The molecule has 0 unspecified atom stereocenters. The summed E-state index contributed by atoms with van der Waals surface area (Å²) in [5.74, 6) is -0.410. The van der Waals surface area contributed by atoms with Crippen LogP contribution in [0.3, 0.4) is 0 Å². The number of sulfonamides is 1. The highest BCUT2D eigenvalue weighted by Crippen LogP contribution is 2.19. The Morgan fingerprint density at radius 2 is 1.75 bits per heavy atom. The Morgan fingerprint density at radius 1 is 1.15 bits per heavy atom. The topological polar surface area (TPSA) is 88.4 Å². The number of furan rings is 1. The minimum Gasteiger partial charge on any atom is -0.452 e. The zero-order chi connectivity index (χ0) is 14.8. The summed E-state index contributed by atoms with van der Waals surface area (Å²) in [5.41, 5.74) is 1.14. The number of amides is 1. The van der Waals surface area contributed by atoms with Gasteiger partial charge in [-0.2, -0.15) is 0 Å². The number of hydrogen-bond donors (Lipinski definition) is 2. The van der Waals surface area contributed by atoms with Gasteiger partial charge in [0.05, 0.1) is 18.1 Å². The molecule has 0 bridgehead atoms. The summed E-state index contributed by atoms with van der Waals surface area (Å²) < 4.78 is 29.2. The van der Waals surface area contributed by atoms with Crippen molar-refractivity contribution in [3.05, 3.63) is 47.4 Å². The molecular formula is C12H11ClN2O4S. The summed E-state index contributed by atoms with van der Waals surface area (Å²) >= 11 is 5.69. The maximum Gasteiger partial charge on any atom is 0.260 e. The molecule has 6 nitrogen and oxygen atoms in total. The third kappa shape index (κ3) is 3.75. The molecule has 0 saturated heterocycles. The summed E-state index contributed by atoms with van der Waals surface area (Å²) in [4.78, 5) is 11.8. The molecule has 0 aliphatic rings. The van der Waals surface area contributed by atoms with Gasteiger partial charge in [-0.1, -0.05) is 0 Å². The predicted molar refractivity (Wildman–Crippen MR) is 76.6 cm³/mol. The molecule has 1 heterocycles. The van der Waals surface area contributed by atoms with Crippen molar-refractivity contribution < 1.29 is 17.6 Å². The molecule has 2 rings (SSSR count). The Morgan fingerprint density at radius 3 is 2.25 bits per heavy atom. The summed E-state index contributed by atoms with van der Waals surface area (Å²) in [6.07, 6.45) is 2.37. The second-order valence-electron chi connectivity index (χ2n) is 4.01. The van der Waals surface area contributed by atoms with E-state index >= 15 is 0 Å². The predicted octanol–water partition coefficient (Wildman–Crippen LogP) is 2.56. The second-order valence-corrected chi connectivity index (χ2v) is 6.11. The van der Waals surface area contributed by atoms with Crippen molar-refractivity contribution in [3.63, 3.8) is 0 Å². The van der Waals surface area contributed by atoms with E-state index in [9.17, 15) is 13.2 Å². The molecule has 1 aromatic carbocycles. The van der Waals surface area contributed by atoms with Crippen LogP contribution in [0.25, 0.3) is 0 Å². The number of halogens is 1. The summed E-state index contributed by atoms with van der Waals surface area (Å²) in [6, 6.07) is 7.66. The lowest BCUT2D eigenvalue weighted by atomic mass is 10.2. The Bertz CT molecular complexity index is 722. The number of hydrogen-bond acceptors (Lipinski definition) is 4. The molecule has 0 saturated carbocycles. The van der Waals surface area contributed by atoms with E-state index in [2.05, 4.69) is 10.0 Å².